The van der Waals surface area contributed by atoms with Crippen LogP contribution in [0.4, 0.5) is 0 Å². The van der Waals surface area contributed by atoms with Gasteiger partial charge >= 0.3 is 0 Å². The Morgan fingerprint density at radius 3 is 2.18 bits per heavy atom. The molecule has 1 N–H and O–H groups in total. The fourth-order valence-corrected chi connectivity index (χ4v) is 4.73. The average molecular weight is 423 g/mol. The van der Waals surface area contributed by atoms with Crippen molar-refractivity contribution in [2.75, 3.05) is 26.2 Å². The van der Waals surface area contributed by atoms with Crippen molar-refractivity contribution in [3.05, 3.63) is 58.6 Å². The molecule has 0 aliphatic carbocycles. The number of phenols is 1. The van der Waals surface area contributed by atoms with Crippen LogP contribution < -0.4 is 0 Å². The number of halogens is 1. The minimum atomic E-state index is -3.59. The van der Waals surface area contributed by atoms with Gasteiger partial charge in [-0.05, 0) is 41.8 Å². The van der Waals surface area contributed by atoms with Gasteiger partial charge in [-0.15, -0.1) is 0 Å². The van der Waals surface area contributed by atoms with Crippen molar-refractivity contribution < 1.29 is 18.3 Å². The Kier molecular flexibility index (Phi) is 5.98. The van der Waals surface area contributed by atoms with E-state index in [1.807, 2.05) is 12.1 Å². The molecule has 28 heavy (non-hydrogen) atoms. The number of carbonyl (C=O) groups excluding carboxylic acids is 1. The molecule has 6 nitrogen and oxygen atoms in total. The normalized spacial score (nSPS) is 15.8. The van der Waals surface area contributed by atoms with Gasteiger partial charge in [-0.2, -0.15) is 4.31 Å². The third-order valence-corrected chi connectivity index (χ3v) is 7.12. The van der Waals surface area contributed by atoms with Crippen LogP contribution in [-0.4, -0.2) is 54.8 Å². The summed E-state index contributed by atoms with van der Waals surface area (Å²) < 4.78 is 27.2. The average Bonchev–Trinajstić information content (AvgIpc) is 2.69. The van der Waals surface area contributed by atoms with E-state index in [4.69, 9.17) is 11.6 Å². The van der Waals surface area contributed by atoms with E-state index in [-0.39, 0.29) is 34.7 Å². The fraction of sp³-hybridized carbons (Fsp3) is 0.350. The predicted octanol–water partition coefficient (Wildman–Crippen LogP) is 3.32. The van der Waals surface area contributed by atoms with Crippen molar-refractivity contribution in [3.63, 3.8) is 0 Å². The summed E-state index contributed by atoms with van der Waals surface area (Å²) in [6, 6.07) is 11.2. The van der Waals surface area contributed by atoms with Gasteiger partial charge in [-0.25, -0.2) is 8.42 Å². The molecule has 0 bridgehead atoms. The molecule has 1 aliphatic heterocycles. The maximum atomic E-state index is 12.9. The third-order valence-electron chi connectivity index (χ3n) is 4.91. The molecule has 1 fully saturated rings. The largest absolute Gasteiger partial charge is 0.506 e. The van der Waals surface area contributed by atoms with Crippen LogP contribution in [0.15, 0.2) is 47.4 Å². The maximum absolute atomic E-state index is 12.9. The van der Waals surface area contributed by atoms with Gasteiger partial charge in [-0.1, -0.05) is 37.6 Å². The van der Waals surface area contributed by atoms with Crippen LogP contribution in [0.1, 0.15) is 35.7 Å². The van der Waals surface area contributed by atoms with E-state index in [0.29, 0.717) is 24.6 Å². The smallest absolute Gasteiger partial charge is 0.253 e. The molecule has 1 saturated heterocycles. The lowest BCUT2D eigenvalue weighted by Crippen LogP contribution is -2.50. The molecule has 0 aromatic heterocycles. The molecule has 2 aromatic rings. The van der Waals surface area contributed by atoms with Crippen molar-refractivity contribution in [1.82, 2.24) is 9.21 Å². The highest BCUT2D eigenvalue weighted by atomic mass is 35.5. The highest BCUT2D eigenvalue weighted by Gasteiger charge is 2.30. The maximum Gasteiger partial charge on any atom is 0.253 e. The Morgan fingerprint density at radius 1 is 1.04 bits per heavy atom. The second kappa shape index (κ2) is 8.11. The molecular formula is C20H23ClN2O4S. The molecule has 0 saturated carbocycles. The Bertz CT molecular complexity index is 966. The summed E-state index contributed by atoms with van der Waals surface area (Å²) in [4.78, 5) is 14.5. The van der Waals surface area contributed by atoms with Gasteiger partial charge in [0.05, 0.1) is 9.92 Å². The monoisotopic (exact) mass is 422 g/mol. The van der Waals surface area contributed by atoms with Crippen LogP contribution in [0.25, 0.3) is 0 Å². The topological polar surface area (TPSA) is 77.9 Å². The highest BCUT2D eigenvalue weighted by Crippen LogP contribution is 2.25. The number of nitrogens with zero attached hydrogens (tertiary/aromatic N) is 2. The SMILES string of the molecule is CC(C)c1ccc(S(=O)(=O)N2CCN(C(=O)c3ccc(O)c(Cl)c3)CC2)cc1. The predicted molar refractivity (Wildman–Crippen MR) is 108 cm³/mol. The molecule has 2 aromatic carbocycles. The number of sulfonamides is 1. The highest BCUT2D eigenvalue weighted by molar-refractivity contribution is 7.89. The number of hydrogen-bond acceptors (Lipinski definition) is 4. The van der Waals surface area contributed by atoms with E-state index in [1.165, 1.54) is 22.5 Å². The standard InChI is InChI=1S/C20H23ClN2O4S/c1-14(2)15-3-6-17(7-4-15)28(26,27)23-11-9-22(10-12-23)20(25)16-5-8-19(24)18(21)13-16/h3-8,13-14,24H,9-12H2,1-2H3. The van der Waals surface area contributed by atoms with Crippen molar-refractivity contribution in [1.29, 1.82) is 0 Å². The zero-order valence-corrected chi connectivity index (χ0v) is 17.4. The first kappa shape index (κ1) is 20.6. The summed E-state index contributed by atoms with van der Waals surface area (Å²) in [6.07, 6.45) is 0. The summed E-state index contributed by atoms with van der Waals surface area (Å²) >= 11 is 5.87. The van der Waals surface area contributed by atoms with E-state index in [0.717, 1.165) is 5.56 Å². The Hall–Kier alpha value is -2.09. The van der Waals surface area contributed by atoms with Gasteiger partial charge in [0.1, 0.15) is 5.75 Å². The minimum Gasteiger partial charge on any atom is -0.506 e. The van der Waals surface area contributed by atoms with E-state index >= 15 is 0 Å². The van der Waals surface area contributed by atoms with Gasteiger partial charge in [-0.3, -0.25) is 4.79 Å². The number of aromatic hydroxyl groups is 1. The first-order valence-corrected chi connectivity index (χ1v) is 10.9. The Morgan fingerprint density at radius 2 is 1.64 bits per heavy atom. The summed E-state index contributed by atoms with van der Waals surface area (Å²) in [5, 5.41) is 9.59. The van der Waals surface area contributed by atoms with Crippen LogP contribution in [0.3, 0.4) is 0 Å². The molecule has 1 heterocycles. The molecule has 0 spiro atoms. The van der Waals surface area contributed by atoms with Crippen LogP contribution in [0, 0.1) is 0 Å². The third kappa shape index (κ3) is 4.16. The molecule has 1 amide bonds. The Balaban J connectivity index is 1.68. The van der Waals surface area contributed by atoms with Crippen molar-refractivity contribution in [2.45, 2.75) is 24.7 Å². The lowest BCUT2D eigenvalue weighted by molar-refractivity contribution is 0.0698. The minimum absolute atomic E-state index is 0.0855. The fourth-order valence-electron chi connectivity index (χ4n) is 3.13. The molecule has 150 valence electrons. The van der Waals surface area contributed by atoms with E-state index in [2.05, 4.69) is 13.8 Å². The first-order chi connectivity index (χ1) is 13.2. The van der Waals surface area contributed by atoms with E-state index in [1.54, 1.807) is 17.0 Å². The lowest BCUT2D eigenvalue weighted by Gasteiger charge is -2.34. The van der Waals surface area contributed by atoms with Gasteiger partial charge in [0.2, 0.25) is 10.0 Å². The second-order valence-corrected chi connectivity index (χ2v) is 9.43. The van der Waals surface area contributed by atoms with E-state index < -0.39 is 10.0 Å². The van der Waals surface area contributed by atoms with Crippen molar-refractivity contribution in [3.8, 4) is 5.75 Å². The molecule has 1 aliphatic rings. The quantitative estimate of drug-likeness (QED) is 0.819. The second-order valence-electron chi connectivity index (χ2n) is 7.09. The molecule has 0 radical (unpaired) electrons. The zero-order chi connectivity index (χ0) is 20.5. The van der Waals surface area contributed by atoms with Crippen LogP contribution in [0.5, 0.6) is 5.75 Å². The zero-order valence-electron chi connectivity index (χ0n) is 15.8. The summed E-state index contributed by atoms with van der Waals surface area (Å²) in [5.74, 6) is 0.0116. The number of benzene rings is 2. The van der Waals surface area contributed by atoms with Gasteiger partial charge < -0.3 is 10.0 Å². The lowest BCUT2D eigenvalue weighted by atomic mass is 10.0. The number of piperazine rings is 1. The molecular weight excluding hydrogens is 400 g/mol. The van der Waals surface area contributed by atoms with Crippen LogP contribution >= 0.6 is 11.6 Å². The number of phenolic OH excluding ortho intramolecular Hbond substituents is 1. The summed E-state index contributed by atoms with van der Waals surface area (Å²) in [5.41, 5.74) is 1.45. The van der Waals surface area contributed by atoms with Gasteiger partial charge in [0, 0.05) is 31.7 Å². The van der Waals surface area contributed by atoms with Crippen molar-refractivity contribution in [2.24, 2.45) is 0 Å². The van der Waals surface area contributed by atoms with Gasteiger partial charge in [0.15, 0.2) is 0 Å². The van der Waals surface area contributed by atoms with Crippen LogP contribution in [-0.2, 0) is 10.0 Å². The van der Waals surface area contributed by atoms with Crippen LogP contribution in [0.2, 0.25) is 5.02 Å². The number of hydrogen-bond donors (Lipinski definition) is 1. The molecule has 0 unspecified atom stereocenters. The molecule has 8 heteroatoms. The first-order valence-electron chi connectivity index (χ1n) is 9.08. The Labute approximate surface area is 170 Å². The van der Waals surface area contributed by atoms with Crippen molar-refractivity contribution >= 4 is 27.5 Å². The van der Waals surface area contributed by atoms with Gasteiger partial charge in [0.25, 0.3) is 5.91 Å². The molecule has 3 rings (SSSR count). The summed E-state index contributed by atoms with van der Waals surface area (Å²) in [7, 11) is -3.59. The van der Waals surface area contributed by atoms with E-state index in [9.17, 15) is 18.3 Å². The number of carbonyl (C=O) groups is 1. The number of amides is 1. The summed E-state index contributed by atoms with van der Waals surface area (Å²) in [6.45, 7) is 5.15. The number of rotatable bonds is 4. The molecule has 0 atom stereocenters.